The van der Waals surface area contributed by atoms with Crippen molar-refractivity contribution < 1.29 is 36.3 Å². The van der Waals surface area contributed by atoms with Crippen molar-refractivity contribution in [3.63, 3.8) is 0 Å². The third-order valence-corrected chi connectivity index (χ3v) is 11.9. The molecule has 3 aromatic carbocycles. The fourth-order valence-electron chi connectivity index (χ4n) is 5.64. The maximum atomic E-state index is 14.2. The van der Waals surface area contributed by atoms with Crippen LogP contribution in [-0.2, 0) is 33.1 Å². The Kier molecular flexibility index (Phi) is 14.4. The molecule has 2 aromatic heterocycles. The van der Waals surface area contributed by atoms with E-state index >= 15 is 0 Å². The molecule has 4 amide bonds. The topological polar surface area (TPSA) is 203 Å². The fourth-order valence-corrected chi connectivity index (χ4v) is 8.33. The van der Waals surface area contributed by atoms with Crippen LogP contribution in [0.15, 0.2) is 132 Å². The number of hydrazine groups is 1. The Morgan fingerprint density at radius 1 is 0.672 bits per heavy atom. The zero-order chi connectivity index (χ0) is 41.9. The first kappa shape index (κ1) is 43.1. The second kappa shape index (κ2) is 19.4. The van der Waals surface area contributed by atoms with Gasteiger partial charge in [0, 0.05) is 54.4 Å². The van der Waals surface area contributed by atoms with Gasteiger partial charge in [-0.05, 0) is 124 Å². The third kappa shape index (κ3) is 11.5. The van der Waals surface area contributed by atoms with Gasteiger partial charge in [-0.15, -0.1) is 0 Å². The lowest BCUT2D eigenvalue weighted by molar-refractivity contribution is 0.0466. The summed E-state index contributed by atoms with van der Waals surface area (Å²) >= 11 is 0. The molecule has 0 saturated heterocycles. The predicted octanol–water partition coefficient (Wildman–Crippen LogP) is 6.14. The van der Waals surface area contributed by atoms with E-state index in [4.69, 9.17) is 4.74 Å². The van der Waals surface area contributed by atoms with Crippen molar-refractivity contribution in [3.05, 3.63) is 133 Å². The third-order valence-electron chi connectivity index (χ3n) is 8.37. The van der Waals surface area contributed by atoms with Gasteiger partial charge in [0.05, 0.1) is 35.6 Å². The van der Waals surface area contributed by atoms with Crippen molar-refractivity contribution in [1.29, 1.82) is 0 Å². The minimum atomic E-state index is -4.00. The van der Waals surface area contributed by atoms with E-state index in [1.807, 2.05) is 13.8 Å². The quantitative estimate of drug-likeness (QED) is 0.0837. The summed E-state index contributed by atoms with van der Waals surface area (Å²) in [5.41, 5.74) is 1.99. The molecule has 0 bridgehead atoms. The molecule has 16 nitrogen and oxygen atoms in total. The Balaban J connectivity index is 1.39. The highest BCUT2D eigenvalue weighted by Crippen LogP contribution is 2.24. The smallest absolute Gasteiger partial charge is 0.341 e. The Hall–Kier alpha value is -6.08. The van der Waals surface area contributed by atoms with Crippen LogP contribution >= 0.6 is 0 Å². The van der Waals surface area contributed by atoms with Crippen molar-refractivity contribution in [1.82, 2.24) is 24.3 Å². The van der Waals surface area contributed by atoms with E-state index in [0.29, 0.717) is 22.6 Å². The monoisotopic (exact) mass is 830 g/mol. The fraction of sp³-hybridized carbons (Fsp3) is 0.250. The lowest BCUT2D eigenvalue weighted by Crippen LogP contribution is -2.52. The molecule has 4 N–H and O–H groups in total. The molecule has 0 saturated carbocycles. The summed E-state index contributed by atoms with van der Waals surface area (Å²) in [5.74, 6) is 0.600. The number of ether oxygens (including phenoxy) is 1. The van der Waals surface area contributed by atoms with Gasteiger partial charge < -0.3 is 20.5 Å². The molecule has 306 valence electrons. The first-order chi connectivity index (χ1) is 27.7. The first-order valence-corrected chi connectivity index (χ1v) is 21.2. The summed E-state index contributed by atoms with van der Waals surface area (Å²) in [4.78, 5) is 36.6. The summed E-state index contributed by atoms with van der Waals surface area (Å²) < 4.78 is 62.3. The van der Waals surface area contributed by atoms with Crippen LogP contribution in [0.3, 0.4) is 0 Å². The number of sulfonamides is 2. The van der Waals surface area contributed by atoms with E-state index in [1.54, 1.807) is 87.2 Å². The largest absolute Gasteiger partial charge is 0.491 e. The Bertz CT molecular complexity index is 2330. The van der Waals surface area contributed by atoms with Gasteiger partial charge in [-0.2, -0.15) is 4.31 Å². The number of hydrogen-bond donors (Lipinski definition) is 4. The number of amides is 4. The normalized spacial score (nSPS) is 11.7. The molecular weight excluding hydrogens is 785 g/mol. The highest BCUT2D eigenvalue weighted by atomic mass is 32.2. The SMILES string of the molecule is CC(C)Oc1ccc(NS(=O)(=O)c2ccc(NC(=O)N(Cc3cccnc3)N(Cc3cccnc3)C(=O)Nc3ccc(S(=O)(=O)N(CCO)C(C)C)cc3)cc2)cc1. The van der Waals surface area contributed by atoms with Crippen LogP contribution < -0.4 is 20.1 Å². The number of anilines is 3. The minimum absolute atomic E-state index is 0.0297. The van der Waals surface area contributed by atoms with Crippen molar-refractivity contribution in [2.45, 2.75) is 62.7 Å². The summed E-state index contributed by atoms with van der Waals surface area (Å²) in [7, 11) is -7.95. The number of aliphatic hydroxyl groups excluding tert-OH is 1. The van der Waals surface area contributed by atoms with Gasteiger partial charge in [-0.25, -0.2) is 36.4 Å². The highest BCUT2D eigenvalue weighted by Gasteiger charge is 2.29. The van der Waals surface area contributed by atoms with E-state index < -0.39 is 38.2 Å². The zero-order valence-electron chi connectivity index (χ0n) is 32.4. The molecule has 0 radical (unpaired) electrons. The van der Waals surface area contributed by atoms with Gasteiger partial charge in [0.25, 0.3) is 10.0 Å². The van der Waals surface area contributed by atoms with Gasteiger partial charge in [0.2, 0.25) is 10.0 Å². The zero-order valence-corrected chi connectivity index (χ0v) is 34.0. The second-order valence-corrected chi connectivity index (χ2v) is 17.0. The molecule has 5 aromatic rings. The Morgan fingerprint density at radius 2 is 1.14 bits per heavy atom. The average Bonchev–Trinajstić information content (AvgIpc) is 3.19. The van der Waals surface area contributed by atoms with E-state index in [2.05, 4.69) is 25.3 Å². The summed E-state index contributed by atoms with van der Waals surface area (Å²) in [6.45, 7) is 6.53. The molecule has 0 atom stereocenters. The molecule has 0 unspecified atom stereocenters. The number of urea groups is 2. The number of carbonyl (C=O) groups excluding carboxylic acids is 2. The average molecular weight is 831 g/mol. The number of pyridine rings is 2. The molecule has 2 heterocycles. The summed E-state index contributed by atoms with van der Waals surface area (Å²) in [6, 6.07) is 22.6. The first-order valence-electron chi connectivity index (χ1n) is 18.2. The van der Waals surface area contributed by atoms with Crippen molar-refractivity contribution in [3.8, 4) is 5.75 Å². The van der Waals surface area contributed by atoms with Crippen molar-refractivity contribution in [2.75, 3.05) is 28.5 Å². The molecule has 58 heavy (non-hydrogen) atoms. The molecule has 0 spiro atoms. The molecule has 0 aliphatic heterocycles. The molecule has 18 heteroatoms. The van der Waals surface area contributed by atoms with Crippen molar-refractivity contribution >= 4 is 49.2 Å². The van der Waals surface area contributed by atoms with E-state index in [9.17, 15) is 31.5 Å². The lowest BCUT2D eigenvalue weighted by atomic mass is 10.2. The van der Waals surface area contributed by atoms with Gasteiger partial charge >= 0.3 is 12.1 Å². The summed E-state index contributed by atoms with van der Waals surface area (Å²) in [6.07, 6.45) is 6.21. The van der Waals surface area contributed by atoms with E-state index in [-0.39, 0.29) is 53.5 Å². The minimum Gasteiger partial charge on any atom is -0.491 e. The van der Waals surface area contributed by atoms with Crippen LogP contribution in [0, 0.1) is 0 Å². The summed E-state index contributed by atoms with van der Waals surface area (Å²) in [5, 5.41) is 17.3. The predicted molar refractivity (Wildman–Crippen MR) is 220 cm³/mol. The van der Waals surface area contributed by atoms with Crippen LogP contribution in [0.1, 0.15) is 38.8 Å². The number of rotatable bonds is 16. The van der Waals surface area contributed by atoms with E-state index in [0.717, 1.165) is 0 Å². The van der Waals surface area contributed by atoms with Crippen LogP contribution in [0.2, 0.25) is 0 Å². The second-order valence-electron chi connectivity index (χ2n) is 13.5. The number of aromatic nitrogens is 2. The molecule has 0 aliphatic carbocycles. The number of aliphatic hydroxyl groups is 1. The van der Waals surface area contributed by atoms with Gasteiger partial charge in [-0.1, -0.05) is 12.1 Å². The Morgan fingerprint density at radius 3 is 1.55 bits per heavy atom. The number of carbonyl (C=O) groups is 2. The van der Waals surface area contributed by atoms with Crippen LogP contribution in [0.4, 0.5) is 26.7 Å². The molecule has 0 aliphatic rings. The number of benzene rings is 3. The molecule has 5 rings (SSSR count). The van der Waals surface area contributed by atoms with Gasteiger partial charge in [-0.3, -0.25) is 14.7 Å². The maximum absolute atomic E-state index is 14.2. The Labute approximate surface area is 338 Å². The number of nitrogens with one attached hydrogen (secondary N) is 3. The van der Waals surface area contributed by atoms with Crippen molar-refractivity contribution in [2.24, 2.45) is 0 Å². The molecular formula is C40H46N8O8S2. The van der Waals surface area contributed by atoms with Crippen LogP contribution in [0.25, 0.3) is 0 Å². The van der Waals surface area contributed by atoms with Crippen LogP contribution in [-0.4, -0.2) is 83.6 Å². The number of nitrogens with zero attached hydrogens (tertiary/aromatic N) is 5. The maximum Gasteiger partial charge on any atom is 0.341 e. The molecule has 0 fully saturated rings. The lowest BCUT2D eigenvalue weighted by Gasteiger charge is -2.35. The standard InChI is InChI=1S/C40H46N8O8S2/c1-29(2)48(23-24-49)58(54,55)38-19-13-34(14-20-38)44-40(51)47(28-32-8-6-22-42-26-32)46(27-31-7-5-21-41-25-31)39(50)43-33-11-17-37(18-12-33)57(52,53)45-35-9-15-36(16-10-35)56-30(3)4/h5-22,25-26,29-30,45,49H,23-24,27-28H2,1-4H3,(H,43,50)(H,44,51). The van der Waals surface area contributed by atoms with Gasteiger partial charge in [0.15, 0.2) is 0 Å². The highest BCUT2D eigenvalue weighted by molar-refractivity contribution is 7.92. The number of hydrogen-bond acceptors (Lipinski definition) is 10. The van der Waals surface area contributed by atoms with Crippen LogP contribution in [0.5, 0.6) is 5.75 Å². The van der Waals surface area contributed by atoms with Gasteiger partial charge in [0.1, 0.15) is 5.75 Å². The van der Waals surface area contributed by atoms with E-state index in [1.165, 1.54) is 62.9 Å².